The lowest BCUT2D eigenvalue weighted by atomic mass is 9.85. The molecule has 1 saturated heterocycles. The van der Waals surface area contributed by atoms with Crippen molar-refractivity contribution in [2.24, 2.45) is 23.7 Å². The summed E-state index contributed by atoms with van der Waals surface area (Å²) in [5, 5.41) is 11.0. The highest BCUT2D eigenvalue weighted by Gasteiger charge is 2.59. The van der Waals surface area contributed by atoms with Gasteiger partial charge >= 0.3 is 0 Å². The molecule has 3 aromatic rings. The van der Waals surface area contributed by atoms with Gasteiger partial charge in [-0.3, -0.25) is 24.6 Å². The molecule has 6 rings (SSSR count). The lowest BCUT2D eigenvalue weighted by molar-refractivity contribution is -0.384. The Bertz CT molecular complexity index is 1410. The van der Waals surface area contributed by atoms with Crippen molar-refractivity contribution in [2.45, 2.75) is 13.0 Å². The summed E-state index contributed by atoms with van der Waals surface area (Å²) < 4.78 is 11.6. The second-order valence-electron chi connectivity index (χ2n) is 9.41. The number of ether oxygens (including phenoxy) is 2. The summed E-state index contributed by atoms with van der Waals surface area (Å²) in [6.45, 7) is 0.304. The first-order chi connectivity index (χ1) is 17.9. The minimum Gasteiger partial charge on any atom is -0.489 e. The van der Waals surface area contributed by atoms with Crippen LogP contribution >= 0.6 is 11.6 Å². The van der Waals surface area contributed by atoms with Crippen LogP contribution < -0.4 is 14.4 Å². The topological polar surface area (TPSA) is 99.0 Å². The van der Waals surface area contributed by atoms with Gasteiger partial charge in [-0.15, -0.1) is 0 Å². The number of benzene rings is 3. The van der Waals surface area contributed by atoms with Crippen molar-refractivity contribution in [3.05, 3.63) is 99.6 Å². The molecule has 2 fully saturated rings. The van der Waals surface area contributed by atoms with Crippen LogP contribution in [0.25, 0.3) is 0 Å². The van der Waals surface area contributed by atoms with E-state index >= 15 is 0 Å². The van der Waals surface area contributed by atoms with E-state index in [1.54, 1.807) is 36.4 Å². The van der Waals surface area contributed by atoms with E-state index in [1.165, 1.54) is 23.1 Å². The van der Waals surface area contributed by atoms with Gasteiger partial charge in [0.05, 0.1) is 27.5 Å². The zero-order chi connectivity index (χ0) is 25.7. The first kappa shape index (κ1) is 23.2. The molecule has 37 heavy (non-hydrogen) atoms. The third kappa shape index (κ3) is 4.13. The number of hydrogen-bond acceptors (Lipinski definition) is 6. The monoisotopic (exact) mass is 516 g/mol. The molecule has 9 heteroatoms. The van der Waals surface area contributed by atoms with Crippen molar-refractivity contribution < 1.29 is 24.0 Å². The van der Waals surface area contributed by atoms with E-state index in [0.29, 0.717) is 29.5 Å². The van der Waals surface area contributed by atoms with E-state index in [2.05, 4.69) is 12.2 Å². The second-order valence-corrected chi connectivity index (χ2v) is 9.82. The van der Waals surface area contributed by atoms with Crippen LogP contribution in [0.2, 0.25) is 5.02 Å². The normalized spacial score (nSPS) is 23.4. The number of nitro groups is 1. The van der Waals surface area contributed by atoms with E-state index < -0.39 is 4.92 Å². The Morgan fingerprint density at radius 3 is 2.11 bits per heavy atom. The predicted octanol–water partition coefficient (Wildman–Crippen LogP) is 5.93. The van der Waals surface area contributed by atoms with Gasteiger partial charge in [0.1, 0.15) is 23.9 Å². The summed E-state index contributed by atoms with van der Waals surface area (Å²) in [5.74, 6) is 1.18. The van der Waals surface area contributed by atoms with E-state index in [4.69, 9.17) is 21.1 Å². The maximum absolute atomic E-state index is 13.0. The van der Waals surface area contributed by atoms with Gasteiger partial charge in [0, 0.05) is 12.1 Å². The minimum atomic E-state index is -0.519. The fourth-order valence-corrected chi connectivity index (χ4v) is 5.70. The van der Waals surface area contributed by atoms with Crippen molar-refractivity contribution in [1.29, 1.82) is 0 Å². The molecule has 1 saturated carbocycles. The number of halogens is 1. The third-order valence-electron chi connectivity index (χ3n) is 7.25. The summed E-state index contributed by atoms with van der Waals surface area (Å²) in [7, 11) is 0. The summed E-state index contributed by atoms with van der Waals surface area (Å²) >= 11 is 6.09. The van der Waals surface area contributed by atoms with Crippen molar-refractivity contribution >= 4 is 34.8 Å². The van der Waals surface area contributed by atoms with Crippen LogP contribution in [0.3, 0.4) is 0 Å². The van der Waals surface area contributed by atoms with Gasteiger partial charge in [0.25, 0.3) is 5.69 Å². The molecule has 2 amide bonds. The molecule has 0 spiro atoms. The Kier molecular flexibility index (Phi) is 5.68. The van der Waals surface area contributed by atoms with E-state index in [1.807, 2.05) is 12.1 Å². The molecule has 0 unspecified atom stereocenters. The number of fused-ring (bicyclic) bond motifs is 5. The molecule has 0 N–H and O–H groups in total. The number of hydrogen-bond donors (Lipinski definition) is 0. The molecule has 1 aliphatic heterocycles. The zero-order valence-corrected chi connectivity index (χ0v) is 20.2. The molecule has 3 aliphatic rings. The maximum atomic E-state index is 13.0. The Hall–Kier alpha value is -4.17. The van der Waals surface area contributed by atoms with Crippen LogP contribution in [0, 0.1) is 33.8 Å². The molecule has 2 aliphatic carbocycles. The number of non-ortho nitro benzene ring substituents is 1. The Balaban J connectivity index is 1.06. The number of anilines is 1. The van der Waals surface area contributed by atoms with E-state index in [0.717, 1.165) is 12.0 Å². The van der Waals surface area contributed by atoms with Crippen molar-refractivity contribution in [1.82, 2.24) is 0 Å². The summed E-state index contributed by atoms with van der Waals surface area (Å²) in [6.07, 6.45) is 5.08. The van der Waals surface area contributed by atoms with Crippen LogP contribution in [0.15, 0.2) is 78.9 Å². The largest absolute Gasteiger partial charge is 0.489 e. The highest BCUT2D eigenvalue weighted by molar-refractivity contribution is 6.32. The van der Waals surface area contributed by atoms with E-state index in [9.17, 15) is 19.7 Å². The van der Waals surface area contributed by atoms with Crippen LogP contribution in [-0.4, -0.2) is 16.7 Å². The lowest BCUT2D eigenvalue weighted by Gasteiger charge is -2.17. The molecule has 0 aromatic heterocycles. The van der Waals surface area contributed by atoms with Crippen molar-refractivity contribution in [3.8, 4) is 17.2 Å². The zero-order valence-electron chi connectivity index (χ0n) is 19.5. The molecule has 2 bridgehead atoms. The van der Waals surface area contributed by atoms with Gasteiger partial charge in [-0.2, -0.15) is 0 Å². The van der Waals surface area contributed by atoms with Crippen molar-refractivity contribution in [3.63, 3.8) is 0 Å². The molecule has 0 radical (unpaired) electrons. The lowest BCUT2D eigenvalue weighted by Crippen LogP contribution is -2.32. The van der Waals surface area contributed by atoms with Crippen LogP contribution in [0.1, 0.15) is 12.0 Å². The second kappa shape index (κ2) is 9.05. The van der Waals surface area contributed by atoms with Gasteiger partial charge in [-0.05, 0) is 66.3 Å². The van der Waals surface area contributed by atoms with Crippen LogP contribution in [0.5, 0.6) is 17.2 Å². The minimum absolute atomic E-state index is 0.0992. The van der Waals surface area contributed by atoms with Gasteiger partial charge in [0.15, 0.2) is 0 Å². The number of nitrogens with zero attached hydrogens (tertiary/aromatic N) is 2. The molecule has 4 atom stereocenters. The Morgan fingerprint density at radius 1 is 0.892 bits per heavy atom. The summed E-state index contributed by atoms with van der Waals surface area (Å²) in [5.41, 5.74) is 1.36. The molecule has 8 nitrogen and oxygen atoms in total. The van der Waals surface area contributed by atoms with Crippen molar-refractivity contribution in [2.75, 3.05) is 4.90 Å². The number of carbonyl (C=O) groups is 2. The average Bonchev–Trinajstić information content (AvgIpc) is 3.59. The van der Waals surface area contributed by atoms with Crippen LogP contribution in [0.4, 0.5) is 11.4 Å². The fraction of sp³-hybridized carbons (Fsp3) is 0.214. The Labute approximate surface area is 217 Å². The number of carbonyl (C=O) groups excluding carboxylic acids is 2. The number of allylic oxidation sites excluding steroid dienone is 2. The molecule has 1 heterocycles. The van der Waals surface area contributed by atoms with Gasteiger partial charge in [-0.1, -0.05) is 35.9 Å². The Morgan fingerprint density at radius 2 is 1.51 bits per heavy atom. The van der Waals surface area contributed by atoms with E-state index in [-0.39, 0.29) is 46.2 Å². The molecular formula is C28H21ClN2O6. The highest BCUT2D eigenvalue weighted by atomic mass is 35.5. The predicted molar refractivity (Wildman–Crippen MR) is 136 cm³/mol. The molecule has 186 valence electrons. The van der Waals surface area contributed by atoms with Crippen LogP contribution in [-0.2, 0) is 16.2 Å². The summed E-state index contributed by atoms with van der Waals surface area (Å²) in [4.78, 5) is 37.6. The fourth-order valence-electron chi connectivity index (χ4n) is 5.48. The SMILES string of the molecule is O=C1[C@H]2[C@H](C(=O)N1c1ccc(OCc3ccc(Oc4ccc([N+](=O)[O-])cc4Cl)cc3)cc1)[C@H]1C=C[C@H]2C1. The number of imide groups is 1. The smallest absolute Gasteiger partial charge is 0.271 e. The number of amides is 2. The van der Waals surface area contributed by atoms with Gasteiger partial charge in [-0.25, -0.2) is 0 Å². The number of nitro benzene ring substituents is 1. The first-order valence-electron chi connectivity index (χ1n) is 11.9. The number of rotatable bonds is 7. The first-order valence-corrected chi connectivity index (χ1v) is 12.3. The van der Waals surface area contributed by atoms with Gasteiger partial charge in [0.2, 0.25) is 11.8 Å². The quantitative estimate of drug-likeness (QED) is 0.167. The average molecular weight is 517 g/mol. The maximum Gasteiger partial charge on any atom is 0.271 e. The molecule has 3 aromatic carbocycles. The van der Waals surface area contributed by atoms with Gasteiger partial charge < -0.3 is 9.47 Å². The third-order valence-corrected chi connectivity index (χ3v) is 7.54. The summed E-state index contributed by atoms with van der Waals surface area (Å²) in [6, 6.07) is 18.2. The highest BCUT2D eigenvalue weighted by Crippen LogP contribution is 2.53. The standard InChI is InChI=1S/C28H21ClN2O6/c29-23-14-20(31(34)35)7-12-24(23)37-22-8-1-16(2-9-22)15-36-21-10-5-19(6-11-21)30-27(32)25-17-3-4-18(13-17)26(25)28(30)33/h1-12,14,17-18,25-26H,13,15H2/t17-,18-,25+,26+/m0/s1. The molecular weight excluding hydrogens is 496 g/mol.